The van der Waals surface area contributed by atoms with Crippen molar-refractivity contribution < 1.29 is 4.74 Å². The van der Waals surface area contributed by atoms with E-state index in [-0.39, 0.29) is 6.17 Å². The molecule has 1 heterocycles. The van der Waals surface area contributed by atoms with Gasteiger partial charge in [-0.25, -0.2) is 4.99 Å². The van der Waals surface area contributed by atoms with Gasteiger partial charge in [0, 0.05) is 13.0 Å². The summed E-state index contributed by atoms with van der Waals surface area (Å²) in [7, 11) is 1.62. The van der Waals surface area contributed by atoms with E-state index in [1.54, 1.807) is 7.11 Å². The first-order valence-electron chi connectivity index (χ1n) is 7.86. The lowest BCUT2D eigenvalue weighted by Crippen LogP contribution is -2.37. The number of benzene rings is 2. The summed E-state index contributed by atoms with van der Waals surface area (Å²) >= 11 is 0. The van der Waals surface area contributed by atoms with Crippen LogP contribution in [0.4, 0.5) is 0 Å². The van der Waals surface area contributed by atoms with E-state index in [4.69, 9.17) is 4.74 Å². The molecule has 1 atom stereocenters. The molecule has 0 radical (unpaired) electrons. The average Bonchev–Trinajstić information content (AvgIpc) is 2.63. The van der Waals surface area contributed by atoms with E-state index in [1.807, 2.05) is 24.3 Å². The molecule has 1 unspecified atom stereocenters. The molecule has 4 heteroatoms. The highest BCUT2D eigenvalue weighted by atomic mass is 16.5. The van der Waals surface area contributed by atoms with Gasteiger partial charge in [0.05, 0.1) is 7.11 Å². The Kier molecular flexibility index (Phi) is 4.71. The Labute approximate surface area is 137 Å². The summed E-state index contributed by atoms with van der Waals surface area (Å²) in [5.74, 6) is 0.995. The molecule has 0 spiro atoms. The molecule has 0 saturated heterocycles. The van der Waals surface area contributed by atoms with Gasteiger partial charge in [0.1, 0.15) is 5.84 Å². The number of aliphatic imine (C=N–C) groups is 2. The first-order chi connectivity index (χ1) is 11.3. The Balaban J connectivity index is 1.98. The first kappa shape index (κ1) is 15.3. The number of rotatable bonds is 4. The summed E-state index contributed by atoms with van der Waals surface area (Å²) in [6, 6.07) is 21.1. The lowest BCUT2D eigenvalue weighted by Gasteiger charge is -2.34. The standard InChI is InChI=1S/C19H21N3O/c1-3-17-20-19(23-2)21-18(16-12-8-5-9-13-16)22(17)14-15-10-6-4-7-11-15/h4-13,18H,3,14H2,1-2H3. The van der Waals surface area contributed by atoms with Gasteiger partial charge in [-0.1, -0.05) is 67.6 Å². The van der Waals surface area contributed by atoms with Gasteiger partial charge in [0.25, 0.3) is 0 Å². The summed E-state index contributed by atoms with van der Waals surface area (Å²) in [6.45, 7) is 2.88. The molecule has 1 aliphatic heterocycles. The molecule has 23 heavy (non-hydrogen) atoms. The van der Waals surface area contributed by atoms with E-state index in [9.17, 15) is 0 Å². The lowest BCUT2D eigenvalue weighted by atomic mass is 10.1. The third kappa shape index (κ3) is 3.42. The van der Waals surface area contributed by atoms with E-state index in [1.165, 1.54) is 5.56 Å². The largest absolute Gasteiger partial charge is 0.467 e. The fourth-order valence-electron chi connectivity index (χ4n) is 2.74. The Bertz CT molecular complexity index is 695. The molecule has 0 fully saturated rings. The Morgan fingerprint density at radius 1 is 1.00 bits per heavy atom. The minimum atomic E-state index is -0.112. The van der Waals surface area contributed by atoms with Crippen LogP contribution in [0.1, 0.15) is 30.6 Å². The van der Waals surface area contributed by atoms with Crippen LogP contribution in [-0.2, 0) is 11.3 Å². The summed E-state index contributed by atoms with van der Waals surface area (Å²) in [5.41, 5.74) is 2.38. The molecule has 0 aromatic heterocycles. The molecule has 0 N–H and O–H groups in total. The Morgan fingerprint density at radius 3 is 2.26 bits per heavy atom. The van der Waals surface area contributed by atoms with Gasteiger partial charge in [-0.2, -0.15) is 4.99 Å². The van der Waals surface area contributed by atoms with Crippen LogP contribution in [0.25, 0.3) is 0 Å². The van der Waals surface area contributed by atoms with Crippen molar-refractivity contribution in [3.63, 3.8) is 0 Å². The average molecular weight is 307 g/mol. The summed E-state index contributed by atoms with van der Waals surface area (Å²) in [5, 5.41) is 0. The van der Waals surface area contributed by atoms with Gasteiger partial charge >= 0.3 is 6.02 Å². The molecule has 3 rings (SSSR count). The summed E-state index contributed by atoms with van der Waals surface area (Å²) in [4.78, 5) is 11.5. The molecule has 0 aliphatic carbocycles. The normalized spacial score (nSPS) is 17.5. The molecule has 0 saturated carbocycles. The third-order valence-corrected chi connectivity index (χ3v) is 3.88. The molecular weight excluding hydrogens is 286 g/mol. The summed E-state index contributed by atoms with van der Waals surface area (Å²) in [6.07, 6.45) is 0.720. The molecule has 118 valence electrons. The highest BCUT2D eigenvalue weighted by Gasteiger charge is 2.27. The molecule has 2 aromatic rings. The first-order valence-corrected chi connectivity index (χ1v) is 7.86. The highest BCUT2D eigenvalue weighted by molar-refractivity contribution is 5.95. The highest BCUT2D eigenvalue weighted by Crippen LogP contribution is 2.28. The number of nitrogens with zero attached hydrogens (tertiary/aromatic N) is 3. The van der Waals surface area contributed by atoms with Crippen molar-refractivity contribution in [2.75, 3.05) is 7.11 Å². The van der Waals surface area contributed by atoms with Gasteiger partial charge in [-0.05, 0) is 11.1 Å². The third-order valence-electron chi connectivity index (χ3n) is 3.88. The number of ether oxygens (including phenoxy) is 1. The zero-order chi connectivity index (χ0) is 16.1. The van der Waals surface area contributed by atoms with Gasteiger partial charge in [-0.15, -0.1) is 0 Å². The van der Waals surface area contributed by atoms with Crippen LogP contribution >= 0.6 is 0 Å². The van der Waals surface area contributed by atoms with Crippen molar-refractivity contribution in [3.05, 3.63) is 71.8 Å². The van der Waals surface area contributed by atoms with E-state index < -0.39 is 0 Å². The maximum atomic E-state index is 5.31. The fourth-order valence-corrected chi connectivity index (χ4v) is 2.74. The lowest BCUT2D eigenvalue weighted by molar-refractivity contribution is 0.288. The van der Waals surface area contributed by atoms with Crippen molar-refractivity contribution in [1.82, 2.24) is 4.90 Å². The van der Waals surface area contributed by atoms with Crippen LogP contribution in [0.3, 0.4) is 0 Å². The number of hydrogen-bond acceptors (Lipinski definition) is 4. The van der Waals surface area contributed by atoms with Gasteiger partial charge in [0.15, 0.2) is 6.17 Å². The van der Waals surface area contributed by atoms with E-state index in [0.717, 1.165) is 24.4 Å². The fraction of sp³-hybridized carbons (Fsp3) is 0.263. The Hall–Kier alpha value is -2.62. The zero-order valence-electron chi connectivity index (χ0n) is 13.5. The molecule has 0 bridgehead atoms. The second-order valence-corrected chi connectivity index (χ2v) is 5.40. The predicted molar refractivity (Wildman–Crippen MR) is 93.3 cm³/mol. The SMILES string of the molecule is CCC1=NC(OC)=NC(c2ccccc2)N1Cc1ccccc1. The van der Waals surface area contributed by atoms with Crippen LogP contribution in [0.2, 0.25) is 0 Å². The van der Waals surface area contributed by atoms with Crippen molar-refractivity contribution in [1.29, 1.82) is 0 Å². The van der Waals surface area contributed by atoms with Crippen LogP contribution in [0, 0.1) is 0 Å². The second kappa shape index (κ2) is 7.09. The van der Waals surface area contributed by atoms with E-state index in [2.05, 4.69) is 58.2 Å². The van der Waals surface area contributed by atoms with Gasteiger partial charge in [-0.3, -0.25) is 0 Å². The maximum absolute atomic E-state index is 5.31. The number of hydrogen-bond donors (Lipinski definition) is 0. The van der Waals surface area contributed by atoms with Crippen molar-refractivity contribution in [3.8, 4) is 0 Å². The monoisotopic (exact) mass is 307 g/mol. The van der Waals surface area contributed by atoms with Crippen molar-refractivity contribution in [2.24, 2.45) is 9.98 Å². The van der Waals surface area contributed by atoms with Crippen LogP contribution < -0.4 is 0 Å². The van der Waals surface area contributed by atoms with Crippen LogP contribution in [0.15, 0.2) is 70.6 Å². The number of methoxy groups -OCH3 is 1. The van der Waals surface area contributed by atoms with Gasteiger partial charge in [0.2, 0.25) is 0 Å². The predicted octanol–water partition coefficient (Wildman–Crippen LogP) is 4.01. The molecule has 0 amide bonds. The Morgan fingerprint density at radius 2 is 1.65 bits per heavy atom. The van der Waals surface area contributed by atoms with Crippen LogP contribution in [0.5, 0.6) is 0 Å². The van der Waals surface area contributed by atoms with Crippen LogP contribution in [-0.4, -0.2) is 23.9 Å². The maximum Gasteiger partial charge on any atom is 0.315 e. The molecule has 2 aromatic carbocycles. The topological polar surface area (TPSA) is 37.2 Å². The smallest absolute Gasteiger partial charge is 0.315 e. The zero-order valence-corrected chi connectivity index (χ0v) is 13.5. The minimum absolute atomic E-state index is 0.112. The van der Waals surface area contributed by atoms with E-state index in [0.29, 0.717) is 6.02 Å². The molecular formula is C19H21N3O. The second-order valence-electron chi connectivity index (χ2n) is 5.40. The molecule has 4 nitrogen and oxygen atoms in total. The minimum Gasteiger partial charge on any atom is -0.467 e. The number of amidine groups is 2. The van der Waals surface area contributed by atoms with E-state index >= 15 is 0 Å². The molecule has 1 aliphatic rings. The van der Waals surface area contributed by atoms with Crippen molar-refractivity contribution in [2.45, 2.75) is 26.1 Å². The quantitative estimate of drug-likeness (QED) is 0.855. The summed E-state index contributed by atoms with van der Waals surface area (Å²) < 4.78 is 5.31. The van der Waals surface area contributed by atoms with Gasteiger partial charge < -0.3 is 9.64 Å². The van der Waals surface area contributed by atoms with Crippen molar-refractivity contribution >= 4 is 11.9 Å².